The largest absolute Gasteiger partial charge is 0.489 e. The average Bonchev–Trinajstić information content (AvgIpc) is 2.75. The molecule has 0 amide bonds. The summed E-state index contributed by atoms with van der Waals surface area (Å²) in [7, 11) is 0. The molecule has 2 aromatic rings. The molecule has 3 rings (SSSR count). The fourth-order valence-electron chi connectivity index (χ4n) is 3.14. The van der Waals surface area contributed by atoms with Gasteiger partial charge in [-0.05, 0) is 55.9 Å². The van der Waals surface area contributed by atoms with Crippen LogP contribution in [0.3, 0.4) is 0 Å². The summed E-state index contributed by atoms with van der Waals surface area (Å²) in [5, 5.41) is 0. The van der Waals surface area contributed by atoms with Crippen LogP contribution in [-0.4, -0.2) is 12.7 Å². The maximum atomic E-state index is 6.06. The molecule has 1 aliphatic rings. The Labute approximate surface area is 169 Å². The van der Waals surface area contributed by atoms with E-state index in [4.69, 9.17) is 9.47 Å². The van der Waals surface area contributed by atoms with Crippen LogP contribution >= 0.6 is 0 Å². The standard InChI is InChI=1S/C24H28O2.C2H2/c1-20-8-5-6-12-24(25-17-7-9-20)18-21-13-15-23(16-14-21)26-19-22-10-3-2-4-11-22;1-2/h2-4,7-11,13-16,24H,5-6,12,17-19H2,1H3;1-2H/b9-7-,20-8-;. The fourth-order valence-corrected chi connectivity index (χ4v) is 3.14. The average molecular weight is 375 g/mol. The minimum atomic E-state index is 0.280. The highest BCUT2D eigenvalue weighted by Gasteiger charge is 2.10. The molecule has 0 aliphatic carbocycles. The normalized spacial score (nSPS) is 20.0. The van der Waals surface area contributed by atoms with Crippen LogP contribution in [0.1, 0.15) is 37.3 Å². The molecule has 0 fully saturated rings. The highest BCUT2D eigenvalue weighted by atomic mass is 16.5. The second-order valence-electron chi connectivity index (χ2n) is 6.86. The van der Waals surface area contributed by atoms with Gasteiger partial charge >= 0.3 is 0 Å². The molecule has 0 radical (unpaired) electrons. The lowest BCUT2D eigenvalue weighted by atomic mass is 10.0. The van der Waals surface area contributed by atoms with Crippen molar-refractivity contribution in [3.05, 3.63) is 89.5 Å². The van der Waals surface area contributed by atoms with Gasteiger partial charge in [0.05, 0.1) is 12.7 Å². The number of allylic oxidation sites excluding steroid dienone is 3. The van der Waals surface area contributed by atoms with Crippen molar-refractivity contribution in [2.24, 2.45) is 0 Å². The first-order valence-electron chi connectivity index (χ1n) is 9.83. The molecule has 1 unspecified atom stereocenters. The van der Waals surface area contributed by atoms with Crippen molar-refractivity contribution in [3.8, 4) is 18.6 Å². The van der Waals surface area contributed by atoms with Crippen LogP contribution < -0.4 is 4.74 Å². The van der Waals surface area contributed by atoms with Gasteiger partial charge in [0.25, 0.3) is 0 Å². The Bertz CT molecular complexity index is 754. The van der Waals surface area contributed by atoms with E-state index in [1.54, 1.807) is 0 Å². The Morgan fingerprint density at radius 1 is 1.00 bits per heavy atom. The van der Waals surface area contributed by atoms with Gasteiger partial charge < -0.3 is 9.47 Å². The second-order valence-corrected chi connectivity index (χ2v) is 6.86. The van der Waals surface area contributed by atoms with Crippen LogP contribution in [0.5, 0.6) is 5.75 Å². The molecule has 0 N–H and O–H groups in total. The minimum Gasteiger partial charge on any atom is -0.489 e. The number of hydrogen-bond donors (Lipinski definition) is 0. The third-order valence-corrected chi connectivity index (χ3v) is 4.64. The summed E-state index contributed by atoms with van der Waals surface area (Å²) in [6, 6.07) is 18.7. The molecular formula is C26H30O2. The zero-order valence-electron chi connectivity index (χ0n) is 16.7. The first-order chi connectivity index (χ1) is 13.8. The molecule has 2 heteroatoms. The van der Waals surface area contributed by atoms with Gasteiger partial charge in [-0.3, -0.25) is 0 Å². The van der Waals surface area contributed by atoms with Crippen LogP contribution in [0.25, 0.3) is 0 Å². The van der Waals surface area contributed by atoms with E-state index in [0.29, 0.717) is 13.2 Å². The van der Waals surface area contributed by atoms with E-state index in [-0.39, 0.29) is 6.10 Å². The van der Waals surface area contributed by atoms with Crippen molar-refractivity contribution in [3.63, 3.8) is 0 Å². The van der Waals surface area contributed by atoms with E-state index >= 15 is 0 Å². The number of hydrogen-bond acceptors (Lipinski definition) is 2. The number of benzene rings is 2. The zero-order chi connectivity index (χ0) is 20.0. The molecule has 1 atom stereocenters. The molecule has 0 aromatic heterocycles. The molecule has 28 heavy (non-hydrogen) atoms. The molecule has 0 saturated carbocycles. The lowest BCUT2D eigenvalue weighted by Crippen LogP contribution is -2.16. The smallest absolute Gasteiger partial charge is 0.119 e. The zero-order valence-corrected chi connectivity index (χ0v) is 16.7. The summed E-state index contributed by atoms with van der Waals surface area (Å²) >= 11 is 0. The highest BCUT2D eigenvalue weighted by molar-refractivity contribution is 5.28. The number of rotatable bonds is 5. The Hall–Kier alpha value is -2.76. The first-order valence-corrected chi connectivity index (χ1v) is 9.83. The SMILES string of the molecule is C#C.CC1=C/CCCC(Cc2ccc(OCc3ccccc3)cc2)OC/C=C\1. The van der Waals surface area contributed by atoms with Crippen LogP contribution in [-0.2, 0) is 17.8 Å². The third-order valence-electron chi connectivity index (χ3n) is 4.64. The van der Waals surface area contributed by atoms with Gasteiger partial charge in [-0.1, -0.05) is 66.3 Å². The van der Waals surface area contributed by atoms with E-state index in [1.165, 1.54) is 23.1 Å². The molecule has 0 spiro atoms. The Morgan fingerprint density at radius 2 is 1.75 bits per heavy atom. The summed E-state index contributed by atoms with van der Waals surface area (Å²) in [4.78, 5) is 0. The van der Waals surface area contributed by atoms with E-state index in [2.05, 4.69) is 74.4 Å². The van der Waals surface area contributed by atoms with Crippen molar-refractivity contribution < 1.29 is 9.47 Å². The van der Waals surface area contributed by atoms with Gasteiger partial charge in [0, 0.05) is 0 Å². The summed E-state index contributed by atoms with van der Waals surface area (Å²) in [6.07, 6.45) is 19.2. The minimum absolute atomic E-state index is 0.280. The molecule has 0 saturated heterocycles. The van der Waals surface area contributed by atoms with Gasteiger partial charge in [0.15, 0.2) is 0 Å². The van der Waals surface area contributed by atoms with Crippen LogP contribution in [0.15, 0.2) is 78.4 Å². The monoisotopic (exact) mass is 374 g/mol. The van der Waals surface area contributed by atoms with Crippen molar-refractivity contribution in [2.45, 2.75) is 45.3 Å². The third kappa shape index (κ3) is 7.86. The Morgan fingerprint density at radius 3 is 2.50 bits per heavy atom. The summed E-state index contributed by atoms with van der Waals surface area (Å²) in [6.45, 7) is 3.44. The maximum Gasteiger partial charge on any atom is 0.119 e. The van der Waals surface area contributed by atoms with Gasteiger partial charge in [-0.25, -0.2) is 0 Å². The molecular weight excluding hydrogens is 344 g/mol. The summed E-state index contributed by atoms with van der Waals surface area (Å²) in [5.41, 5.74) is 3.82. The fraction of sp³-hybridized carbons (Fsp3) is 0.308. The van der Waals surface area contributed by atoms with Crippen molar-refractivity contribution in [1.29, 1.82) is 0 Å². The predicted octanol–water partition coefficient (Wildman–Crippen LogP) is 6.13. The molecule has 2 aromatic carbocycles. The quantitative estimate of drug-likeness (QED) is 0.586. The van der Waals surface area contributed by atoms with E-state index in [9.17, 15) is 0 Å². The summed E-state index contributed by atoms with van der Waals surface area (Å²) in [5.74, 6) is 0.910. The van der Waals surface area contributed by atoms with Gasteiger partial charge in [-0.2, -0.15) is 0 Å². The van der Waals surface area contributed by atoms with Crippen molar-refractivity contribution in [1.82, 2.24) is 0 Å². The van der Waals surface area contributed by atoms with E-state index < -0.39 is 0 Å². The van der Waals surface area contributed by atoms with Gasteiger partial charge in [0.1, 0.15) is 12.4 Å². The highest BCUT2D eigenvalue weighted by Crippen LogP contribution is 2.18. The second kappa shape index (κ2) is 12.6. The van der Waals surface area contributed by atoms with Crippen LogP contribution in [0.4, 0.5) is 0 Å². The maximum absolute atomic E-state index is 6.06. The predicted molar refractivity (Wildman–Crippen MR) is 117 cm³/mol. The van der Waals surface area contributed by atoms with E-state index in [1.807, 2.05) is 18.2 Å². The van der Waals surface area contributed by atoms with E-state index in [0.717, 1.165) is 25.0 Å². The molecule has 1 aliphatic heterocycles. The van der Waals surface area contributed by atoms with Gasteiger partial charge in [0.2, 0.25) is 0 Å². The lowest BCUT2D eigenvalue weighted by Gasteiger charge is -2.18. The number of ether oxygens (including phenoxy) is 2. The van der Waals surface area contributed by atoms with Crippen molar-refractivity contribution in [2.75, 3.05) is 6.61 Å². The molecule has 1 heterocycles. The Balaban J connectivity index is 0.00000136. The first kappa shape index (κ1) is 21.5. The lowest BCUT2D eigenvalue weighted by molar-refractivity contribution is 0.0666. The summed E-state index contributed by atoms with van der Waals surface area (Å²) < 4.78 is 11.9. The molecule has 146 valence electrons. The van der Waals surface area contributed by atoms with Crippen molar-refractivity contribution >= 4 is 0 Å². The number of terminal acetylenes is 1. The van der Waals surface area contributed by atoms with Gasteiger partial charge in [-0.15, -0.1) is 12.8 Å². The topological polar surface area (TPSA) is 18.5 Å². The van der Waals surface area contributed by atoms with Crippen LogP contribution in [0.2, 0.25) is 0 Å². The van der Waals surface area contributed by atoms with Crippen LogP contribution in [0, 0.1) is 12.8 Å². The Kier molecular flexibility index (Phi) is 9.69. The molecule has 2 nitrogen and oxygen atoms in total. The molecule has 0 bridgehead atoms.